The number of benzene rings is 2. The number of amides is 2. The number of nitriles is 1. The smallest absolute Gasteiger partial charge is 0.231 e. The number of rotatable bonds is 10. The monoisotopic (exact) mass is 533 g/mol. The van der Waals surface area contributed by atoms with E-state index in [9.17, 15) is 18.0 Å². The number of carbonyl (C=O) groups is 2. The highest BCUT2D eigenvalue weighted by molar-refractivity contribution is 8.00. The normalized spacial score (nSPS) is 18.9. The average molecular weight is 534 g/mol. The Kier molecular flexibility index (Phi) is 9.61. The van der Waals surface area contributed by atoms with Gasteiger partial charge < -0.3 is 11.1 Å². The van der Waals surface area contributed by atoms with E-state index in [0.717, 1.165) is 18.4 Å². The van der Waals surface area contributed by atoms with Crippen molar-refractivity contribution < 1.29 is 18.0 Å². The van der Waals surface area contributed by atoms with Gasteiger partial charge in [-0.3, -0.25) is 9.59 Å². The van der Waals surface area contributed by atoms with Crippen molar-refractivity contribution in [1.82, 2.24) is 5.32 Å². The van der Waals surface area contributed by atoms with Gasteiger partial charge in [0.25, 0.3) is 0 Å². The number of hydrogen-bond acceptors (Lipinski definition) is 6. The van der Waals surface area contributed by atoms with Crippen molar-refractivity contribution in [3.05, 3.63) is 59.1 Å². The molecular weight excluding hydrogens is 506 g/mol. The van der Waals surface area contributed by atoms with Gasteiger partial charge in [0.15, 0.2) is 9.84 Å². The fraction of sp³-hybridized carbons (Fsp3) is 0.400. The van der Waals surface area contributed by atoms with Gasteiger partial charge in [0.1, 0.15) is 6.54 Å². The lowest BCUT2D eigenvalue weighted by atomic mass is 9.80. The quantitative estimate of drug-likeness (QED) is 0.353. The molecule has 0 aromatic heterocycles. The van der Waals surface area contributed by atoms with Gasteiger partial charge in [0, 0.05) is 15.8 Å². The Balaban J connectivity index is 1.69. The molecule has 1 fully saturated rings. The summed E-state index contributed by atoms with van der Waals surface area (Å²) in [5.41, 5.74) is 6.42. The lowest BCUT2D eigenvalue weighted by Gasteiger charge is -2.30. The van der Waals surface area contributed by atoms with Gasteiger partial charge in [-0.1, -0.05) is 42.6 Å². The number of primary amides is 1. The largest absolute Gasteiger partial charge is 0.369 e. The Bertz CT molecular complexity index is 1200. The molecule has 3 atom stereocenters. The number of nitrogens with two attached hydrogens (primary N) is 1. The van der Waals surface area contributed by atoms with E-state index in [2.05, 4.69) is 5.32 Å². The van der Waals surface area contributed by atoms with Crippen molar-refractivity contribution in [3.8, 4) is 6.07 Å². The van der Waals surface area contributed by atoms with Gasteiger partial charge in [-0.25, -0.2) is 8.42 Å². The summed E-state index contributed by atoms with van der Waals surface area (Å²) in [6.45, 7) is -0.0866. The molecule has 3 N–H and O–H groups in total. The van der Waals surface area contributed by atoms with Crippen molar-refractivity contribution in [3.63, 3.8) is 0 Å². The summed E-state index contributed by atoms with van der Waals surface area (Å²) in [5, 5.41) is 11.3. The summed E-state index contributed by atoms with van der Waals surface area (Å²) in [6.07, 6.45) is 3.36. The highest BCUT2D eigenvalue weighted by Gasteiger charge is 2.34. The second-order valence-corrected chi connectivity index (χ2v) is 12.3. The summed E-state index contributed by atoms with van der Waals surface area (Å²) in [5.74, 6) is -1.57. The Hall–Kier alpha value is -2.54. The molecule has 1 unspecified atom stereocenters. The zero-order chi connectivity index (χ0) is 25.4. The number of halogens is 1. The van der Waals surface area contributed by atoms with Crippen LogP contribution in [0.2, 0.25) is 5.02 Å². The zero-order valence-electron chi connectivity index (χ0n) is 19.2. The number of nitrogens with one attached hydrogen (secondary N) is 1. The van der Waals surface area contributed by atoms with E-state index in [1.807, 2.05) is 24.3 Å². The van der Waals surface area contributed by atoms with Gasteiger partial charge in [0.2, 0.25) is 11.8 Å². The van der Waals surface area contributed by atoms with Crippen LogP contribution in [-0.2, 0) is 25.8 Å². The van der Waals surface area contributed by atoms with E-state index in [1.54, 1.807) is 18.2 Å². The Morgan fingerprint density at radius 3 is 2.49 bits per heavy atom. The van der Waals surface area contributed by atoms with Crippen LogP contribution in [0.25, 0.3) is 0 Å². The maximum absolute atomic E-state index is 13.1. The van der Waals surface area contributed by atoms with Crippen LogP contribution < -0.4 is 11.1 Å². The molecule has 35 heavy (non-hydrogen) atoms. The molecule has 2 aromatic rings. The molecule has 10 heteroatoms. The first-order valence-corrected chi connectivity index (χ1v) is 14.3. The molecule has 3 rings (SSSR count). The van der Waals surface area contributed by atoms with Gasteiger partial charge >= 0.3 is 0 Å². The van der Waals surface area contributed by atoms with Crippen LogP contribution in [0.5, 0.6) is 0 Å². The molecule has 186 valence electrons. The number of carbonyl (C=O) groups excluding carboxylic acids is 2. The molecule has 2 aromatic carbocycles. The molecule has 2 amide bonds. The molecule has 1 aliphatic carbocycles. The molecule has 0 heterocycles. The van der Waals surface area contributed by atoms with Gasteiger partial charge in [-0.2, -0.15) is 5.26 Å². The van der Waals surface area contributed by atoms with Crippen LogP contribution in [0, 0.1) is 23.2 Å². The Labute approximate surface area is 215 Å². The maximum Gasteiger partial charge on any atom is 0.231 e. The summed E-state index contributed by atoms with van der Waals surface area (Å²) in [6, 6.07) is 15.5. The number of hydrogen-bond donors (Lipinski definition) is 2. The number of nitrogens with zero attached hydrogens (tertiary/aromatic N) is 1. The standard InChI is InChI=1S/C25H28ClN3O4S2/c26-22-8-4-2-5-17(22)15-23(24(28)30)34-19-9-11-20(12-10-19)35(32,33)16-18-6-1-3-7-21(18)25(31)29-14-13-27/h2,4-5,8-12,18,21,23H,1,3,6-7,14-16H2,(H2,28,30)(H,29,31)/t18-,21+,23?/m1/s1. The van der Waals surface area contributed by atoms with Crippen LogP contribution in [-0.4, -0.2) is 37.8 Å². The van der Waals surface area contributed by atoms with Crippen molar-refractivity contribution in [2.24, 2.45) is 17.6 Å². The van der Waals surface area contributed by atoms with Crippen molar-refractivity contribution in [1.29, 1.82) is 5.26 Å². The summed E-state index contributed by atoms with van der Waals surface area (Å²) >= 11 is 7.47. The first-order valence-electron chi connectivity index (χ1n) is 11.4. The topological polar surface area (TPSA) is 130 Å². The van der Waals surface area contributed by atoms with E-state index < -0.39 is 26.9 Å². The number of sulfone groups is 1. The molecule has 7 nitrogen and oxygen atoms in total. The molecule has 0 bridgehead atoms. The molecule has 0 aliphatic heterocycles. The SMILES string of the molecule is N#CCNC(=O)[C@H]1CCCC[C@@H]1CS(=O)(=O)c1ccc(SC(Cc2ccccc2Cl)C(N)=O)cc1. The van der Waals surface area contributed by atoms with Crippen LogP contribution >= 0.6 is 23.4 Å². The fourth-order valence-corrected chi connectivity index (χ4v) is 7.26. The molecule has 1 saturated carbocycles. The van der Waals surface area contributed by atoms with Crippen molar-refractivity contribution in [2.45, 2.75) is 47.1 Å². The highest BCUT2D eigenvalue weighted by Crippen LogP contribution is 2.34. The van der Waals surface area contributed by atoms with Crippen molar-refractivity contribution >= 4 is 45.0 Å². The average Bonchev–Trinajstić information content (AvgIpc) is 2.83. The summed E-state index contributed by atoms with van der Waals surface area (Å²) in [7, 11) is -3.63. The number of thioether (sulfide) groups is 1. The third-order valence-electron chi connectivity index (χ3n) is 6.16. The molecule has 0 spiro atoms. The fourth-order valence-electron chi connectivity index (χ4n) is 4.34. The van der Waals surface area contributed by atoms with E-state index in [0.29, 0.717) is 29.2 Å². The molecule has 1 aliphatic rings. The summed E-state index contributed by atoms with van der Waals surface area (Å²) in [4.78, 5) is 25.4. The minimum Gasteiger partial charge on any atom is -0.369 e. The Morgan fingerprint density at radius 2 is 1.83 bits per heavy atom. The second kappa shape index (κ2) is 12.4. The van der Waals surface area contributed by atoms with E-state index in [4.69, 9.17) is 22.6 Å². The van der Waals surface area contributed by atoms with E-state index in [-0.39, 0.29) is 29.0 Å². The maximum atomic E-state index is 13.1. The van der Waals surface area contributed by atoms with Crippen molar-refractivity contribution in [2.75, 3.05) is 12.3 Å². The molecule has 0 saturated heterocycles. The van der Waals surface area contributed by atoms with Gasteiger partial charge in [-0.05, 0) is 61.1 Å². The predicted octanol–water partition coefficient (Wildman–Crippen LogP) is 3.75. The van der Waals surface area contributed by atoms with Gasteiger partial charge in [-0.15, -0.1) is 11.8 Å². The molecular formula is C25H28ClN3O4S2. The van der Waals surface area contributed by atoms with Crippen LogP contribution in [0.15, 0.2) is 58.3 Å². The first kappa shape index (κ1) is 27.1. The van der Waals surface area contributed by atoms with Crippen LogP contribution in [0.1, 0.15) is 31.2 Å². The first-order chi connectivity index (χ1) is 16.7. The minimum absolute atomic E-state index is 0.0866. The van der Waals surface area contributed by atoms with Gasteiger partial charge in [0.05, 0.1) is 22.0 Å². The van der Waals surface area contributed by atoms with Crippen LogP contribution in [0.3, 0.4) is 0 Å². The predicted molar refractivity (Wildman–Crippen MR) is 137 cm³/mol. The second-order valence-electron chi connectivity index (χ2n) is 8.58. The van der Waals surface area contributed by atoms with E-state index in [1.165, 1.54) is 23.9 Å². The highest BCUT2D eigenvalue weighted by atomic mass is 35.5. The summed E-state index contributed by atoms with van der Waals surface area (Å²) < 4.78 is 26.2. The third-order valence-corrected chi connectivity index (χ3v) is 9.62. The van der Waals surface area contributed by atoms with E-state index >= 15 is 0 Å². The third kappa shape index (κ3) is 7.47. The van der Waals surface area contributed by atoms with Crippen LogP contribution in [0.4, 0.5) is 0 Å². The lowest BCUT2D eigenvalue weighted by Crippen LogP contribution is -2.39. The molecule has 0 radical (unpaired) electrons. The zero-order valence-corrected chi connectivity index (χ0v) is 21.5. The minimum atomic E-state index is -3.63. The lowest BCUT2D eigenvalue weighted by molar-refractivity contribution is -0.127. The Morgan fingerprint density at radius 1 is 1.14 bits per heavy atom.